The van der Waals surface area contributed by atoms with Gasteiger partial charge in [-0.3, -0.25) is 0 Å². The zero-order valence-electron chi connectivity index (χ0n) is 8.38. The van der Waals surface area contributed by atoms with Crippen molar-refractivity contribution in [3.05, 3.63) is 29.8 Å². The van der Waals surface area contributed by atoms with Gasteiger partial charge in [0.05, 0.1) is 0 Å². The monoisotopic (exact) mass is 175 g/mol. The van der Waals surface area contributed by atoms with Crippen LogP contribution >= 0.6 is 0 Å². The van der Waals surface area contributed by atoms with Gasteiger partial charge in [-0.2, -0.15) is 0 Å². The number of hydrogen-bond acceptors (Lipinski definition) is 1. The van der Waals surface area contributed by atoms with E-state index >= 15 is 0 Å². The van der Waals surface area contributed by atoms with Crippen LogP contribution in [0.5, 0.6) is 0 Å². The molecule has 1 aliphatic rings. The molecule has 0 amide bonds. The van der Waals surface area contributed by atoms with Crippen LogP contribution in [-0.2, 0) is 0 Å². The minimum Gasteiger partial charge on any atom is -0.383 e. The summed E-state index contributed by atoms with van der Waals surface area (Å²) in [5, 5.41) is 3.39. The molecule has 2 rings (SSSR count). The Bertz CT molecular complexity index is 270. The Morgan fingerprint density at radius 1 is 1.15 bits per heavy atom. The molecule has 1 aliphatic carbocycles. The standard InChI is InChI=1S/C12H17N/c1-9(2)13-12-7-5-11(6-8-12)10-3-4-10/h5-10,13H,3-4H2,1-2H3. The third-order valence-electron chi connectivity index (χ3n) is 2.41. The Kier molecular flexibility index (Phi) is 2.26. The molecule has 1 aromatic carbocycles. The van der Waals surface area contributed by atoms with Gasteiger partial charge in [0, 0.05) is 11.7 Å². The van der Waals surface area contributed by atoms with Gasteiger partial charge < -0.3 is 5.32 Å². The summed E-state index contributed by atoms with van der Waals surface area (Å²) in [6.07, 6.45) is 2.77. The molecule has 1 N–H and O–H groups in total. The highest BCUT2D eigenvalue weighted by molar-refractivity contribution is 5.46. The van der Waals surface area contributed by atoms with Crippen molar-refractivity contribution in [2.45, 2.75) is 38.6 Å². The third-order valence-corrected chi connectivity index (χ3v) is 2.41. The predicted octanol–water partition coefficient (Wildman–Crippen LogP) is 3.38. The van der Waals surface area contributed by atoms with E-state index in [9.17, 15) is 0 Å². The van der Waals surface area contributed by atoms with Crippen molar-refractivity contribution in [1.82, 2.24) is 0 Å². The molecule has 0 bridgehead atoms. The largest absolute Gasteiger partial charge is 0.383 e. The Labute approximate surface area is 80.2 Å². The van der Waals surface area contributed by atoms with Crippen LogP contribution in [0, 0.1) is 0 Å². The minimum atomic E-state index is 0.520. The van der Waals surface area contributed by atoms with Gasteiger partial charge in [-0.25, -0.2) is 0 Å². The molecular weight excluding hydrogens is 158 g/mol. The second-order valence-corrected chi connectivity index (χ2v) is 4.20. The zero-order valence-corrected chi connectivity index (χ0v) is 8.38. The van der Waals surface area contributed by atoms with Crippen LogP contribution < -0.4 is 5.32 Å². The molecule has 70 valence electrons. The normalized spacial score (nSPS) is 16.2. The van der Waals surface area contributed by atoms with Crippen LogP contribution in [0.25, 0.3) is 0 Å². The first-order valence-electron chi connectivity index (χ1n) is 5.12. The lowest BCUT2D eigenvalue weighted by Gasteiger charge is -2.10. The van der Waals surface area contributed by atoms with Gasteiger partial charge in [0.25, 0.3) is 0 Å². The van der Waals surface area contributed by atoms with E-state index in [0.29, 0.717) is 6.04 Å². The number of anilines is 1. The quantitative estimate of drug-likeness (QED) is 0.742. The number of benzene rings is 1. The summed E-state index contributed by atoms with van der Waals surface area (Å²) in [6.45, 7) is 4.32. The first-order valence-corrected chi connectivity index (χ1v) is 5.12. The Balaban J connectivity index is 2.04. The summed E-state index contributed by atoms with van der Waals surface area (Å²) in [5.41, 5.74) is 2.74. The fraction of sp³-hybridized carbons (Fsp3) is 0.500. The fourth-order valence-electron chi connectivity index (χ4n) is 1.60. The van der Waals surface area contributed by atoms with Crippen LogP contribution in [0.1, 0.15) is 38.2 Å². The lowest BCUT2D eigenvalue weighted by Crippen LogP contribution is -2.09. The summed E-state index contributed by atoms with van der Waals surface area (Å²) < 4.78 is 0. The van der Waals surface area contributed by atoms with E-state index < -0.39 is 0 Å². The first-order chi connectivity index (χ1) is 6.25. The first kappa shape index (κ1) is 8.61. The smallest absolute Gasteiger partial charge is 0.0342 e. The van der Waals surface area contributed by atoms with E-state index in [0.717, 1.165) is 5.92 Å². The second kappa shape index (κ2) is 3.41. The van der Waals surface area contributed by atoms with Gasteiger partial charge in [-0.1, -0.05) is 12.1 Å². The SMILES string of the molecule is CC(C)Nc1ccc(C2CC2)cc1. The summed E-state index contributed by atoms with van der Waals surface area (Å²) in [5.74, 6) is 0.869. The molecule has 1 aromatic rings. The maximum atomic E-state index is 3.39. The van der Waals surface area contributed by atoms with E-state index in [2.05, 4.69) is 43.4 Å². The molecule has 1 nitrogen and oxygen atoms in total. The molecular formula is C12H17N. The molecule has 0 radical (unpaired) electrons. The van der Waals surface area contributed by atoms with Crippen molar-refractivity contribution in [1.29, 1.82) is 0 Å². The number of hydrogen-bond donors (Lipinski definition) is 1. The highest BCUT2D eigenvalue weighted by atomic mass is 14.9. The van der Waals surface area contributed by atoms with Gasteiger partial charge in [0.1, 0.15) is 0 Å². The average Bonchev–Trinajstić information content (AvgIpc) is 2.87. The molecule has 0 unspecified atom stereocenters. The van der Waals surface area contributed by atoms with E-state index in [1.165, 1.54) is 24.1 Å². The second-order valence-electron chi connectivity index (χ2n) is 4.20. The number of nitrogens with one attached hydrogen (secondary N) is 1. The molecule has 0 spiro atoms. The molecule has 0 saturated heterocycles. The van der Waals surface area contributed by atoms with Crippen LogP contribution in [0.2, 0.25) is 0 Å². The molecule has 1 fully saturated rings. The van der Waals surface area contributed by atoms with Gasteiger partial charge >= 0.3 is 0 Å². The molecule has 0 aliphatic heterocycles. The van der Waals surface area contributed by atoms with Crippen molar-refractivity contribution < 1.29 is 0 Å². The van der Waals surface area contributed by atoms with Gasteiger partial charge in [-0.05, 0) is 50.3 Å². The summed E-state index contributed by atoms with van der Waals surface area (Å²) in [4.78, 5) is 0. The maximum absolute atomic E-state index is 3.39. The predicted molar refractivity (Wildman–Crippen MR) is 57.2 cm³/mol. The molecule has 13 heavy (non-hydrogen) atoms. The van der Waals surface area contributed by atoms with Gasteiger partial charge in [0.15, 0.2) is 0 Å². The van der Waals surface area contributed by atoms with Crippen LogP contribution in [0.15, 0.2) is 24.3 Å². The molecule has 0 atom stereocenters. The molecule has 0 heterocycles. The van der Waals surface area contributed by atoms with Crippen molar-refractivity contribution in [2.75, 3.05) is 5.32 Å². The minimum absolute atomic E-state index is 0.520. The lowest BCUT2D eigenvalue weighted by atomic mass is 10.1. The third kappa shape index (κ3) is 2.24. The summed E-state index contributed by atoms with van der Waals surface area (Å²) >= 11 is 0. The van der Waals surface area contributed by atoms with E-state index in [4.69, 9.17) is 0 Å². The highest BCUT2D eigenvalue weighted by Crippen LogP contribution is 2.40. The molecule has 1 saturated carbocycles. The van der Waals surface area contributed by atoms with E-state index in [1.807, 2.05) is 0 Å². The molecule has 1 heteroatoms. The lowest BCUT2D eigenvalue weighted by molar-refractivity contribution is 0.899. The Morgan fingerprint density at radius 2 is 1.77 bits per heavy atom. The van der Waals surface area contributed by atoms with Crippen molar-refractivity contribution in [3.63, 3.8) is 0 Å². The zero-order chi connectivity index (χ0) is 9.26. The van der Waals surface area contributed by atoms with Crippen molar-refractivity contribution >= 4 is 5.69 Å². The molecule has 0 aromatic heterocycles. The topological polar surface area (TPSA) is 12.0 Å². The van der Waals surface area contributed by atoms with E-state index in [1.54, 1.807) is 0 Å². The Hall–Kier alpha value is -0.980. The van der Waals surface area contributed by atoms with Crippen molar-refractivity contribution in [3.8, 4) is 0 Å². The Morgan fingerprint density at radius 3 is 2.23 bits per heavy atom. The van der Waals surface area contributed by atoms with Crippen LogP contribution in [0.4, 0.5) is 5.69 Å². The van der Waals surface area contributed by atoms with E-state index in [-0.39, 0.29) is 0 Å². The average molecular weight is 175 g/mol. The summed E-state index contributed by atoms with van der Waals surface area (Å²) in [6, 6.07) is 9.40. The van der Waals surface area contributed by atoms with Gasteiger partial charge in [-0.15, -0.1) is 0 Å². The maximum Gasteiger partial charge on any atom is 0.0342 e. The van der Waals surface area contributed by atoms with Crippen LogP contribution in [-0.4, -0.2) is 6.04 Å². The number of rotatable bonds is 3. The van der Waals surface area contributed by atoms with Crippen molar-refractivity contribution in [2.24, 2.45) is 0 Å². The fourth-order valence-corrected chi connectivity index (χ4v) is 1.60. The summed E-state index contributed by atoms with van der Waals surface area (Å²) in [7, 11) is 0. The van der Waals surface area contributed by atoms with Crippen LogP contribution in [0.3, 0.4) is 0 Å². The highest BCUT2D eigenvalue weighted by Gasteiger charge is 2.22. The van der Waals surface area contributed by atoms with Gasteiger partial charge in [0.2, 0.25) is 0 Å².